The Bertz CT molecular complexity index is 785. The molecule has 2 amide bonds. The van der Waals surface area contributed by atoms with Crippen LogP contribution in [0.1, 0.15) is 61.2 Å². The fourth-order valence-electron chi connectivity index (χ4n) is 3.67. The predicted octanol–water partition coefficient (Wildman–Crippen LogP) is 2.62. The van der Waals surface area contributed by atoms with E-state index in [-0.39, 0.29) is 29.8 Å². The molecule has 0 aliphatic carbocycles. The molecule has 2 heterocycles. The number of nitrogens with zero attached hydrogens (tertiary/aromatic N) is 3. The van der Waals surface area contributed by atoms with E-state index < -0.39 is 0 Å². The van der Waals surface area contributed by atoms with Crippen molar-refractivity contribution < 1.29 is 9.59 Å². The Labute approximate surface area is 159 Å². The van der Waals surface area contributed by atoms with E-state index in [1.165, 1.54) is 0 Å². The zero-order valence-corrected chi connectivity index (χ0v) is 16.1. The average Bonchev–Trinajstić information content (AvgIpc) is 3.29. The van der Waals surface area contributed by atoms with Gasteiger partial charge in [0.25, 0.3) is 5.91 Å². The second-order valence-corrected chi connectivity index (χ2v) is 7.07. The largest absolute Gasteiger partial charge is 0.347 e. The van der Waals surface area contributed by atoms with Crippen molar-refractivity contribution in [1.29, 1.82) is 0 Å². The highest BCUT2D eigenvalue weighted by Crippen LogP contribution is 2.32. The van der Waals surface area contributed by atoms with Crippen LogP contribution < -0.4 is 5.32 Å². The van der Waals surface area contributed by atoms with E-state index in [4.69, 9.17) is 0 Å². The molecule has 1 aromatic heterocycles. The van der Waals surface area contributed by atoms with Crippen molar-refractivity contribution in [1.82, 2.24) is 25.4 Å². The molecule has 2 aromatic rings. The van der Waals surface area contributed by atoms with Gasteiger partial charge in [0.05, 0.1) is 6.04 Å². The van der Waals surface area contributed by atoms with Crippen LogP contribution in [0, 0.1) is 12.8 Å². The van der Waals surface area contributed by atoms with Crippen LogP contribution in [0.25, 0.3) is 0 Å². The fourth-order valence-corrected chi connectivity index (χ4v) is 3.67. The van der Waals surface area contributed by atoms with Crippen molar-refractivity contribution in [3.8, 4) is 0 Å². The molecule has 0 spiro atoms. The molecule has 3 rings (SSSR count). The zero-order chi connectivity index (χ0) is 19.4. The van der Waals surface area contributed by atoms with Crippen molar-refractivity contribution in [3.63, 3.8) is 0 Å². The van der Waals surface area contributed by atoms with Gasteiger partial charge in [0.1, 0.15) is 5.82 Å². The Morgan fingerprint density at radius 2 is 1.96 bits per heavy atom. The molecule has 7 heteroatoms. The summed E-state index contributed by atoms with van der Waals surface area (Å²) in [6.07, 6.45) is 2.21. The third-order valence-electron chi connectivity index (χ3n) is 5.20. The highest BCUT2D eigenvalue weighted by molar-refractivity contribution is 5.94. The molecule has 2 N–H and O–H groups in total. The number of rotatable bonds is 6. The standard InChI is InChI=1S/C20H27N5O2/c1-4-14(5-2)20(27)25-12-16(11-17(25)18-21-13(3)23-24-18)22-19(26)15-9-7-6-8-10-15/h6-10,14,16-17H,4-5,11-12H2,1-3H3,(H,22,26)(H,21,23,24)/t16-,17-/m0/s1. The molecular formula is C20H27N5O2. The smallest absolute Gasteiger partial charge is 0.251 e. The Hall–Kier alpha value is -2.70. The number of hydrogen-bond acceptors (Lipinski definition) is 4. The summed E-state index contributed by atoms with van der Waals surface area (Å²) in [5, 5.41) is 10.2. The van der Waals surface area contributed by atoms with Gasteiger partial charge in [-0.05, 0) is 38.3 Å². The van der Waals surface area contributed by atoms with Gasteiger partial charge in [-0.1, -0.05) is 32.0 Å². The van der Waals surface area contributed by atoms with E-state index in [2.05, 4.69) is 20.5 Å². The number of carbonyl (C=O) groups is 2. The average molecular weight is 369 g/mol. The van der Waals surface area contributed by atoms with E-state index in [9.17, 15) is 9.59 Å². The molecular weight excluding hydrogens is 342 g/mol. The predicted molar refractivity (Wildman–Crippen MR) is 102 cm³/mol. The number of hydrogen-bond donors (Lipinski definition) is 2. The van der Waals surface area contributed by atoms with Gasteiger partial charge in [-0.2, -0.15) is 5.10 Å². The number of nitrogens with one attached hydrogen (secondary N) is 2. The SMILES string of the molecule is CCC(CC)C(=O)N1C[C@@H](NC(=O)c2ccccc2)C[C@H]1c1n[nH]c(C)n1. The summed E-state index contributed by atoms with van der Waals surface area (Å²) in [4.78, 5) is 31.8. The molecule has 144 valence electrons. The molecule has 27 heavy (non-hydrogen) atoms. The van der Waals surface area contributed by atoms with Crippen LogP contribution >= 0.6 is 0 Å². The van der Waals surface area contributed by atoms with Gasteiger partial charge in [0, 0.05) is 24.1 Å². The lowest BCUT2D eigenvalue weighted by molar-refractivity contribution is -0.137. The van der Waals surface area contributed by atoms with Crippen LogP contribution in [0.15, 0.2) is 30.3 Å². The van der Waals surface area contributed by atoms with Crippen LogP contribution in [0.5, 0.6) is 0 Å². The Balaban J connectivity index is 1.78. The van der Waals surface area contributed by atoms with Crippen molar-refractivity contribution in [3.05, 3.63) is 47.5 Å². The van der Waals surface area contributed by atoms with Crippen molar-refractivity contribution in [2.24, 2.45) is 5.92 Å². The number of aromatic amines is 1. The van der Waals surface area contributed by atoms with Gasteiger partial charge in [0.2, 0.25) is 5.91 Å². The maximum atomic E-state index is 13.0. The maximum absolute atomic E-state index is 13.0. The highest BCUT2D eigenvalue weighted by atomic mass is 16.2. The maximum Gasteiger partial charge on any atom is 0.251 e. The van der Waals surface area contributed by atoms with E-state index in [0.29, 0.717) is 24.4 Å². The van der Waals surface area contributed by atoms with Gasteiger partial charge in [-0.3, -0.25) is 14.7 Å². The summed E-state index contributed by atoms with van der Waals surface area (Å²) < 4.78 is 0. The summed E-state index contributed by atoms with van der Waals surface area (Å²) >= 11 is 0. The first-order valence-electron chi connectivity index (χ1n) is 9.58. The van der Waals surface area contributed by atoms with Crippen molar-refractivity contribution >= 4 is 11.8 Å². The lowest BCUT2D eigenvalue weighted by Gasteiger charge is -2.26. The molecule has 2 atom stereocenters. The minimum atomic E-state index is -0.218. The van der Waals surface area contributed by atoms with Crippen molar-refractivity contribution in [2.75, 3.05) is 6.54 Å². The molecule has 0 unspecified atom stereocenters. The second-order valence-electron chi connectivity index (χ2n) is 7.07. The van der Waals surface area contributed by atoms with Gasteiger partial charge < -0.3 is 10.2 Å². The summed E-state index contributed by atoms with van der Waals surface area (Å²) in [5.41, 5.74) is 0.618. The molecule has 0 bridgehead atoms. The van der Waals surface area contributed by atoms with Crippen LogP contribution in [-0.2, 0) is 4.79 Å². The first-order valence-corrected chi connectivity index (χ1v) is 9.58. The number of aromatic nitrogens is 3. The van der Waals surface area contributed by atoms with Crippen LogP contribution in [-0.4, -0.2) is 44.5 Å². The summed E-state index contributed by atoms with van der Waals surface area (Å²) in [5.74, 6) is 1.31. The van der Waals surface area contributed by atoms with Gasteiger partial charge in [-0.15, -0.1) is 0 Å². The Morgan fingerprint density at radius 1 is 1.26 bits per heavy atom. The molecule has 1 saturated heterocycles. The normalized spacial score (nSPS) is 19.5. The lowest BCUT2D eigenvalue weighted by atomic mass is 10.0. The Kier molecular flexibility index (Phi) is 5.88. The number of carbonyl (C=O) groups excluding carboxylic acids is 2. The number of amides is 2. The third-order valence-corrected chi connectivity index (χ3v) is 5.20. The lowest BCUT2D eigenvalue weighted by Crippen LogP contribution is -2.40. The number of aryl methyl sites for hydroxylation is 1. The highest BCUT2D eigenvalue weighted by Gasteiger charge is 2.40. The molecule has 7 nitrogen and oxygen atoms in total. The van der Waals surface area contributed by atoms with Gasteiger partial charge >= 0.3 is 0 Å². The summed E-state index contributed by atoms with van der Waals surface area (Å²) in [6, 6.07) is 8.78. The minimum Gasteiger partial charge on any atom is -0.347 e. The van der Waals surface area contributed by atoms with E-state index >= 15 is 0 Å². The first kappa shape index (κ1) is 19.1. The summed E-state index contributed by atoms with van der Waals surface area (Å²) in [7, 11) is 0. The monoisotopic (exact) mass is 369 g/mol. The van der Waals surface area contributed by atoms with E-state index in [1.807, 2.05) is 43.9 Å². The molecule has 0 radical (unpaired) electrons. The number of benzene rings is 1. The molecule has 1 aliphatic rings. The van der Waals surface area contributed by atoms with Crippen LogP contribution in [0.4, 0.5) is 0 Å². The van der Waals surface area contributed by atoms with Crippen molar-refractivity contribution in [2.45, 2.75) is 52.1 Å². The first-order chi connectivity index (χ1) is 13.0. The number of likely N-dealkylation sites (tertiary alicyclic amines) is 1. The summed E-state index contributed by atoms with van der Waals surface area (Å²) in [6.45, 7) is 6.38. The van der Waals surface area contributed by atoms with E-state index in [0.717, 1.165) is 18.7 Å². The van der Waals surface area contributed by atoms with E-state index in [1.54, 1.807) is 12.1 Å². The van der Waals surface area contributed by atoms with Gasteiger partial charge in [0.15, 0.2) is 5.82 Å². The minimum absolute atomic E-state index is 0.0175. The van der Waals surface area contributed by atoms with Crippen LogP contribution in [0.2, 0.25) is 0 Å². The van der Waals surface area contributed by atoms with Crippen LogP contribution in [0.3, 0.4) is 0 Å². The quantitative estimate of drug-likeness (QED) is 0.819. The zero-order valence-electron chi connectivity index (χ0n) is 16.1. The topological polar surface area (TPSA) is 91.0 Å². The Morgan fingerprint density at radius 3 is 2.56 bits per heavy atom. The second kappa shape index (κ2) is 8.33. The number of H-pyrrole nitrogens is 1. The molecule has 0 saturated carbocycles. The third kappa shape index (κ3) is 4.18. The molecule has 1 aliphatic heterocycles. The fraction of sp³-hybridized carbons (Fsp3) is 0.500. The molecule has 1 fully saturated rings. The van der Waals surface area contributed by atoms with Gasteiger partial charge in [-0.25, -0.2) is 4.98 Å². The molecule has 1 aromatic carbocycles.